The van der Waals surface area contributed by atoms with Crippen molar-refractivity contribution in [2.75, 3.05) is 27.2 Å². The van der Waals surface area contributed by atoms with Crippen molar-refractivity contribution in [3.63, 3.8) is 0 Å². The van der Waals surface area contributed by atoms with Crippen LogP contribution in [0.1, 0.15) is 17.3 Å². The van der Waals surface area contributed by atoms with Crippen LogP contribution in [0.4, 0.5) is 5.69 Å². The summed E-state index contributed by atoms with van der Waals surface area (Å²) >= 11 is 5.80. The van der Waals surface area contributed by atoms with Crippen molar-refractivity contribution < 1.29 is 14.5 Å². The van der Waals surface area contributed by atoms with Crippen molar-refractivity contribution in [2.45, 2.75) is 6.92 Å². The van der Waals surface area contributed by atoms with Crippen molar-refractivity contribution in [1.29, 1.82) is 0 Å². The van der Waals surface area contributed by atoms with Crippen LogP contribution in [0.5, 0.6) is 0 Å². The molecule has 0 atom stereocenters. The van der Waals surface area contributed by atoms with Crippen LogP contribution in [0.2, 0.25) is 5.02 Å². The van der Waals surface area contributed by atoms with E-state index in [1.54, 1.807) is 21.0 Å². The molecule has 2 amide bonds. The predicted molar refractivity (Wildman–Crippen MR) is 78.4 cm³/mol. The fourth-order valence-corrected chi connectivity index (χ4v) is 1.81. The van der Waals surface area contributed by atoms with Gasteiger partial charge >= 0.3 is 0 Å². The van der Waals surface area contributed by atoms with Crippen molar-refractivity contribution in [3.8, 4) is 0 Å². The average Bonchev–Trinajstić information content (AvgIpc) is 2.43. The lowest BCUT2D eigenvalue weighted by molar-refractivity contribution is -0.385. The van der Waals surface area contributed by atoms with E-state index in [0.29, 0.717) is 0 Å². The summed E-state index contributed by atoms with van der Waals surface area (Å²) in [7, 11) is 3.14. The molecule has 1 rings (SSSR count). The van der Waals surface area contributed by atoms with Crippen LogP contribution < -0.4 is 0 Å². The lowest BCUT2D eigenvalue weighted by Gasteiger charge is -2.22. The highest BCUT2D eigenvalue weighted by atomic mass is 35.5. The summed E-state index contributed by atoms with van der Waals surface area (Å²) in [6.45, 7) is 1.80. The molecular formula is C13H16ClN3O4. The Balaban J connectivity index is 3.13. The second-order valence-corrected chi connectivity index (χ2v) is 4.96. The monoisotopic (exact) mass is 313 g/mol. The predicted octanol–water partition coefficient (Wildman–Crippen LogP) is 1.80. The molecule has 0 saturated heterocycles. The van der Waals surface area contributed by atoms with Crippen molar-refractivity contribution in [1.82, 2.24) is 9.80 Å². The fraction of sp³-hybridized carbons (Fsp3) is 0.385. The maximum atomic E-state index is 12.4. The molecule has 8 heteroatoms. The molecule has 1 aromatic carbocycles. The molecule has 1 aromatic rings. The summed E-state index contributed by atoms with van der Waals surface area (Å²) in [5.41, 5.74) is -0.457. The lowest BCUT2D eigenvalue weighted by atomic mass is 10.1. The number of hydrogen-bond donors (Lipinski definition) is 0. The molecule has 0 aliphatic carbocycles. The van der Waals surface area contributed by atoms with Gasteiger partial charge in [-0.2, -0.15) is 0 Å². The Bertz CT molecular complexity index is 575. The van der Waals surface area contributed by atoms with Crippen LogP contribution in [0.15, 0.2) is 18.2 Å². The van der Waals surface area contributed by atoms with Crippen LogP contribution >= 0.6 is 11.6 Å². The first-order valence-corrected chi connectivity index (χ1v) is 6.59. The van der Waals surface area contributed by atoms with E-state index in [0.717, 1.165) is 0 Å². The van der Waals surface area contributed by atoms with Crippen LogP contribution in [0.25, 0.3) is 0 Å². The van der Waals surface area contributed by atoms with Crippen molar-refractivity contribution in [3.05, 3.63) is 38.9 Å². The van der Waals surface area contributed by atoms with Gasteiger partial charge in [0.1, 0.15) is 5.56 Å². The average molecular weight is 314 g/mol. The largest absolute Gasteiger partial charge is 0.347 e. The molecule has 0 saturated carbocycles. The summed E-state index contributed by atoms with van der Waals surface area (Å²) in [6.07, 6.45) is 0. The molecule has 0 aliphatic heterocycles. The smallest absolute Gasteiger partial charge is 0.282 e. The molecule has 0 bridgehead atoms. The fourth-order valence-electron chi connectivity index (χ4n) is 1.64. The normalized spacial score (nSPS) is 10.1. The third-order valence-corrected chi connectivity index (χ3v) is 3.11. The van der Waals surface area contributed by atoms with Crippen LogP contribution in [0.3, 0.4) is 0 Å². The zero-order chi connectivity index (χ0) is 16.2. The Morgan fingerprint density at radius 3 is 2.43 bits per heavy atom. The van der Waals surface area contributed by atoms with E-state index in [9.17, 15) is 19.7 Å². The van der Waals surface area contributed by atoms with E-state index in [-0.39, 0.29) is 35.3 Å². The van der Waals surface area contributed by atoms with Gasteiger partial charge in [-0.25, -0.2) is 0 Å². The van der Waals surface area contributed by atoms with Gasteiger partial charge in [0.25, 0.3) is 11.6 Å². The summed E-state index contributed by atoms with van der Waals surface area (Å²) < 4.78 is 0. The number of carbonyl (C=O) groups is 2. The Morgan fingerprint density at radius 2 is 1.95 bits per heavy atom. The summed E-state index contributed by atoms with van der Waals surface area (Å²) in [4.78, 5) is 37.0. The summed E-state index contributed by atoms with van der Waals surface area (Å²) in [5, 5.41) is 11.2. The van der Waals surface area contributed by atoms with E-state index >= 15 is 0 Å². The van der Waals surface area contributed by atoms with Gasteiger partial charge in [0, 0.05) is 31.7 Å². The minimum absolute atomic E-state index is 0.124. The minimum Gasteiger partial charge on any atom is -0.347 e. The minimum atomic E-state index is -0.648. The molecule has 0 aromatic heterocycles. The Labute approximate surface area is 127 Å². The van der Waals surface area contributed by atoms with E-state index in [1.165, 1.54) is 28.0 Å². The first-order chi connectivity index (χ1) is 9.77. The quantitative estimate of drug-likeness (QED) is 0.613. The lowest BCUT2D eigenvalue weighted by Crippen LogP contribution is -2.40. The molecule has 0 radical (unpaired) electrons. The standard InChI is InChI=1S/C13H16ClN3O4/c1-4-16(8-12(18)15(2)3)13(19)10-7-9(14)5-6-11(10)17(20)21/h5-7H,4,8H2,1-3H3. The van der Waals surface area contributed by atoms with Crippen molar-refractivity contribution in [2.24, 2.45) is 0 Å². The Morgan fingerprint density at radius 1 is 1.33 bits per heavy atom. The van der Waals surface area contributed by atoms with Crippen LogP contribution in [-0.4, -0.2) is 53.7 Å². The van der Waals surface area contributed by atoms with Crippen LogP contribution in [-0.2, 0) is 4.79 Å². The molecule has 0 unspecified atom stereocenters. The molecule has 0 heterocycles. The zero-order valence-corrected chi connectivity index (χ0v) is 12.8. The Hall–Kier alpha value is -2.15. The topological polar surface area (TPSA) is 83.8 Å². The molecule has 7 nitrogen and oxygen atoms in total. The van der Waals surface area contributed by atoms with Gasteiger partial charge in [-0.3, -0.25) is 19.7 Å². The third-order valence-electron chi connectivity index (χ3n) is 2.88. The summed E-state index contributed by atoms with van der Waals surface area (Å²) in [6, 6.07) is 3.76. The first kappa shape index (κ1) is 16.9. The molecule has 21 heavy (non-hydrogen) atoms. The van der Waals surface area contributed by atoms with Gasteiger partial charge in [0.05, 0.1) is 11.5 Å². The molecule has 0 aliphatic rings. The number of nitro groups is 1. The highest BCUT2D eigenvalue weighted by Gasteiger charge is 2.25. The number of nitro benzene ring substituents is 1. The van der Waals surface area contributed by atoms with Crippen molar-refractivity contribution >= 4 is 29.1 Å². The van der Waals surface area contributed by atoms with E-state index in [1.807, 2.05) is 0 Å². The number of benzene rings is 1. The Kier molecular flexibility index (Phi) is 5.66. The molecule has 114 valence electrons. The molecule has 0 N–H and O–H groups in total. The number of rotatable bonds is 5. The highest BCUT2D eigenvalue weighted by molar-refractivity contribution is 6.31. The van der Waals surface area contributed by atoms with E-state index in [4.69, 9.17) is 11.6 Å². The molecule has 0 fully saturated rings. The first-order valence-electron chi connectivity index (χ1n) is 6.21. The second-order valence-electron chi connectivity index (χ2n) is 4.53. The number of likely N-dealkylation sites (N-methyl/N-ethyl adjacent to an activating group) is 2. The number of carbonyl (C=O) groups excluding carboxylic acids is 2. The maximum Gasteiger partial charge on any atom is 0.282 e. The number of amides is 2. The van der Waals surface area contributed by atoms with Gasteiger partial charge in [-0.15, -0.1) is 0 Å². The maximum absolute atomic E-state index is 12.4. The number of hydrogen-bond acceptors (Lipinski definition) is 4. The SMILES string of the molecule is CCN(CC(=O)N(C)C)C(=O)c1cc(Cl)ccc1[N+](=O)[O-]. The molecular weight excluding hydrogens is 298 g/mol. The third kappa shape index (κ3) is 4.16. The van der Waals surface area contributed by atoms with Gasteiger partial charge < -0.3 is 9.80 Å². The van der Waals surface area contributed by atoms with E-state index in [2.05, 4.69) is 0 Å². The van der Waals surface area contributed by atoms with Gasteiger partial charge in [0.2, 0.25) is 5.91 Å². The van der Waals surface area contributed by atoms with Gasteiger partial charge in [-0.05, 0) is 19.1 Å². The number of nitrogens with zero attached hydrogens (tertiary/aromatic N) is 3. The van der Waals surface area contributed by atoms with Crippen LogP contribution in [0, 0.1) is 10.1 Å². The second kappa shape index (κ2) is 7.03. The zero-order valence-electron chi connectivity index (χ0n) is 12.0. The van der Waals surface area contributed by atoms with Gasteiger partial charge in [-0.1, -0.05) is 11.6 Å². The molecule has 0 spiro atoms. The highest BCUT2D eigenvalue weighted by Crippen LogP contribution is 2.24. The van der Waals surface area contributed by atoms with E-state index < -0.39 is 10.8 Å². The number of halogens is 1. The van der Waals surface area contributed by atoms with Gasteiger partial charge in [0.15, 0.2) is 0 Å². The summed E-state index contributed by atoms with van der Waals surface area (Å²) in [5.74, 6) is -0.864.